The Hall–Kier alpha value is -1.77. The summed E-state index contributed by atoms with van der Waals surface area (Å²) in [4.78, 5) is 12.7. The van der Waals surface area contributed by atoms with Crippen molar-refractivity contribution < 1.29 is 17.6 Å². The monoisotopic (exact) mass is 454 g/mol. The Morgan fingerprint density at radius 1 is 1.15 bits per heavy atom. The molecule has 1 N–H and O–H groups in total. The van der Waals surface area contributed by atoms with Crippen LogP contribution in [-0.4, -0.2) is 37.8 Å². The van der Waals surface area contributed by atoms with Crippen molar-refractivity contribution in [3.63, 3.8) is 0 Å². The largest absolute Gasteiger partial charge is 0.349 e. The van der Waals surface area contributed by atoms with Gasteiger partial charge in [-0.1, -0.05) is 17.7 Å². The molecular formula is C19H20BrFN2O3S. The minimum Gasteiger partial charge on any atom is -0.349 e. The number of carbonyl (C=O) groups is 1. The lowest BCUT2D eigenvalue weighted by Crippen LogP contribution is -2.46. The summed E-state index contributed by atoms with van der Waals surface area (Å²) in [6, 6.07) is 10.6. The zero-order valence-electron chi connectivity index (χ0n) is 14.8. The number of benzene rings is 2. The molecule has 0 radical (unpaired) electrons. The smallest absolute Gasteiger partial charge is 0.252 e. The Balaban J connectivity index is 1.61. The van der Waals surface area contributed by atoms with Crippen LogP contribution in [0.4, 0.5) is 4.39 Å². The normalized spacial score (nSPS) is 16.3. The lowest BCUT2D eigenvalue weighted by Gasteiger charge is -2.31. The number of amides is 1. The van der Waals surface area contributed by atoms with E-state index in [1.165, 1.54) is 22.5 Å². The van der Waals surface area contributed by atoms with Crippen LogP contribution in [0.1, 0.15) is 28.8 Å². The lowest BCUT2D eigenvalue weighted by molar-refractivity contribution is 0.0923. The average molecular weight is 455 g/mol. The Bertz CT molecular complexity index is 940. The molecule has 3 rings (SSSR count). The van der Waals surface area contributed by atoms with Gasteiger partial charge < -0.3 is 5.32 Å². The van der Waals surface area contributed by atoms with Gasteiger partial charge in [-0.05, 0) is 66.0 Å². The molecule has 1 aliphatic heterocycles. The van der Waals surface area contributed by atoms with Crippen molar-refractivity contribution in [1.82, 2.24) is 9.62 Å². The molecule has 0 atom stereocenters. The van der Waals surface area contributed by atoms with E-state index >= 15 is 0 Å². The first-order valence-corrected chi connectivity index (χ1v) is 10.8. The molecule has 2 aromatic rings. The highest BCUT2D eigenvalue weighted by Crippen LogP contribution is 2.22. The van der Waals surface area contributed by atoms with Crippen molar-refractivity contribution in [3.05, 3.63) is 63.9 Å². The van der Waals surface area contributed by atoms with Gasteiger partial charge >= 0.3 is 0 Å². The van der Waals surface area contributed by atoms with Gasteiger partial charge in [-0.3, -0.25) is 4.79 Å². The molecule has 1 amide bonds. The van der Waals surface area contributed by atoms with Crippen LogP contribution in [0.5, 0.6) is 0 Å². The molecule has 1 fully saturated rings. The number of sulfonamides is 1. The van der Waals surface area contributed by atoms with Crippen LogP contribution < -0.4 is 5.32 Å². The molecular weight excluding hydrogens is 435 g/mol. The van der Waals surface area contributed by atoms with Crippen molar-refractivity contribution in [2.24, 2.45) is 0 Å². The molecule has 0 unspecified atom stereocenters. The van der Waals surface area contributed by atoms with E-state index in [2.05, 4.69) is 21.2 Å². The number of aryl methyl sites for hydroxylation is 1. The second-order valence-corrected chi connectivity index (χ2v) is 9.38. The van der Waals surface area contributed by atoms with E-state index in [9.17, 15) is 17.6 Å². The number of hydrogen-bond acceptors (Lipinski definition) is 3. The fourth-order valence-electron chi connectivity index (χ4n) is 3.04. The zero-order valence-corrected chi connectivity index (χ0v) is 17.2. The molecule has 1 saturated heterocycles. The maximum absolute atomic E-state index is 13.2. The lowest BCUT2D eigenvalue weighted by atomic mass is 10.1. The molecule has 0 bridgehead atoms. The predicted octanol–water partition coefficient (Wildman–Crippen LogP) is 3.48. The third-order valence-corrected chi connectivity index (χ3v) is 7.19. The summed E-state index contributed by atoms with van der Waals surface area (Å²) in [6.07, 6.45) is 1.05. The molecule has 0 saturated carbocycles. The van der Waals surface area contributed by atoms with Crippen LogP contribution >= 0.6 is 15.9 Å². The Labute approximate surface area is 166 Å². The Morgan fingerprint density at radius 3 is 2.37 bits per heavy atom. The van der Waals surface area contributed by atoms with Gasteiger partial charge in [0.05, 0.1) is 10.5 Å². The molecule has 1 heterocycles. The maximum atomic E-state index is 13.2. The van der Waals surface area contributed by atoms with E-state index < -0.39 is 15.8 Å². The van der Waals surface area contributed by atoms with Crippen molar-refractivity contribution >= 4 is 31.9 Å². The van der Waals surface area contributed by atoms with Crippen LogP contribution in [0.3, 0.4) is 0 Å². The Morgan fingerprint density at radius 2 is 1.78 bits per heavy atom. The number of hydrogen-bond donors (Lipinski definition) is 1. The molecule has 0 spiro atoms. The van der Waals surface area contributed by atoms with Gasteiger partial charge in [0.1, 0.15) is 5.82 Å². The zero-order chi connectivity index (χ0) is 19.6. The third-order valence-electron chi connectivity index (χ3n) is 4.62. The van der Waals surface area contributed by atoms with Crippen molar-refractivity contribution in [2.75, 3.05) is 13.1 Å². The molecule has 0 aromatic heterocycles. The van der Waals surface area contributed by atoms with Crippen LogP contribution in [0.25, 0.3) is 0 Å². The standard InChI is InChI=1S/C19H20BrFN2O3S/c1-13-2-5-16(6-3-13)27(25,26)23-10-8-15(9-11-23)22-19(24)17-7-4-14(21)12-18(17)20/h2-7,12,15H,8-11H2,1H3,(H,22,24). The molecule has 5 nitrogen and oxygen atoms in total. The number of piperidine rings is 1. The summed E-state index contributed by atoms with van der Waals surface area (Å²) in [6.45, 7) is 2.58. The highest BCUT2D eigenvalue weighted by atomic mass is 79.9. The van der Waals surface area contributed by atoms with Gasteiger partial charge in [-0.25, -0.2) is 12.8 Å². The molecule has 2 aromatic carbocycles. The van der Waals surface area contributed by atoms with E-state index in [1.54, 1.807) is 24.3 Å². The summed E-state index contributed by atoms with van der Waals surface area (Å²) in [7, 11) is -3.52. The fourth-order valence-corrected chi connectivity index (χ4v) is 5.04. The topological polar surface area (TPSA) is 66.5 Å². The van der Waals surface area contributed by atoms with E-state index in [4.69, 9.17) is 0 Å². The second-order valence-electron chi connectivity index (χ2n) is 6.59. The van der Waals surface area contributed by atoms with Gasteiger partial charge in [0, 0.05) is 23.6 Å². The molecule has 144 valence electrons. The number of halogens is 2. The molecule has 0 aliphatic carbocycles. The number of carbonyl (C=O) groups excluding carboxylic acids is 1. The van der Waals surface area contributed by atoms with Crippen LogP contribution in [-0.2, 0) is 10.0 Å². The van der Waals surface area contributed by atoms with Crippen LogP contribution in [0, 0.1) is 12.7 Å². The van der Waals surface area contributed by atoms with E-state index in [0.29, 0.717) is 36.0 Å². The summed E-state index contributed by atoms with van der Waals surface area (Å²) in [5.74, 6) is -0.727. The summed E-state index contributed by atoms with van der Waals surface area (Å²) in [5.41, 5.74) is 1.36. The van der Waals surface area contributed by atoms with Crippen molar-refractivity contribution in [1.29, 1.82) is 0 Å². The summed E-state index contributed by atoms with van der Waals surface area (Å²) in [5, 5.41) is 2.90. The van der Waals surface area contributed by atoms with Gasteiger partial charge in [-0.15, -0.1) is 0 Å². The summed E-state index contributed by atoms with van der Waals surface area (Å²) >= 11 is 3.19. The van der Waals surface area contributed by atoms with Gasteiger partial charge in [-0.2, -0.15) is 4.31 Å². The van der Waals surface area contributed by atoms with Gasteiger partial charge in [0.2, 0.25) is 10.0 Å². The number of nitrogens with zero attached hydrogens (tertiary/aromatic N) is 1. The van der Waals surface area contributed by atoms with Crippen LogP contribution in [0.15, 0.2) is 51.8 Å². The van der Waals surface area contributed by atoms with E-state index in [0.717, 1.165) is 5.56 Å². The average Bonchev–Trinajstić information content (AvgIpc) is 2.62. The maximum Gasteiger partial charge on any atom is 0.252 e. The van der Waals surface area contributed by atoms with E-state index in [1.807, 2.05) is 6.92 Å². The third kappa shape index (κ3) is 4.56. The minimum atomic E-state index is -3.52. The van der Waals surface area contributed by atoms with Crippen molar-refractivity contribution in [3.8, 4) is 0 Å². The fraction of sp³-hybridized carbons (Fsp3) is 0.316. The van der Waals surface area contributed by atoms with Gasteiger partial charge in [0.15, 0.2) is 0 Å². The molecule has 8 heteroatoms. The molecule has 1 aliphatic rings. The SMILES string of the molecule is Cc1ccc(S(=O)(=O)N2CCC(NC(=O)c3ccc(F)cc3Br)CC2)cc1. The van der Waals surface area contributed by atoms with Gasteiger partial charge in [0.25, 0.3) is 5.91 Å². The molecule has 27 heavy (non-hydrogen) atoms. The predicted molar refractivity (Wildman–Crippen MR) is 105 cm³/mol. The highest BCUT2D eigenvalue weighted by Gasteiger charge is 2.30. The summed E-state index contributed by atoms with van der Waals surface area (Å²) < 4.78 is 40.4. The first-order chi connectivity index (χ1) is 12.8. The van der Waals surface area contributed by atoms with Crippen molar-refractivity contribution in [2.45, 2.75) is 30.7 Å². The number of rotatable bonds is 4. The highest BCUT2D eigenvalue weighted by molar-refractivity contribution is 9.10. The van der Waals surface area contributed by atoms with Crippen LogP contribution in [0.2, 0.25) is 0 Å². The minimum absolute atomic E-state index is 0.126. The first kappa shape index (κ1) is 20.0. The second kappa shape index (κ2) is 8.08. The quantitative estimate of drug-likeness (QED) is 0.768. The van der Waals surface area contributed by atoms with E-state index in [-0.39, 0.29) is 16.8 Å². The number of nitrogens with one attached hydrogen (secondary N) is 1. The Kier molecular flexibility index (Phi) is 5.98. The first-order valence-electron chi connectivity index (χ1n) is 8.60.